The van der Waals surface area contributed by atoms with Crippen LogP contribution < -0.4 is 5.73 Å². The second-order valence-corrected chi connectivity index (χ2v) is 6.14. The van der Waals surface area contributed by atoms with Crippen LogP contribution in [0.4, 0.5) is 0 Å². The van der Waals surface area contributed by atoms with Crippen LogP contribution in [0.5, 0.6) is 0 Å². The molecule has 1 aromatic rings. The first-order chi connectivity index (χ1) is 8.74. The average Bonchev–Trinajstić information content (AvgIpc) is 2.35. The fraction of sp³-hybridized carbons (Fsp3) is 0.600. The third-order valence-electron chi connectivity index (χ3n) is 4.03. The number of rotatable bonds is 6. The van der Waals surface area contributed by atoms with Gasteiger partial charge in [-0.15, -0.1) is 11.8 Å². The Labute approximate surface area is 115 Å². The lowest BCUT2D eigenvalue weighted by Gasteiger charge is -2.34. The minimum absolute atomic E-state index is 0.363. The van der Waals surface area contributed by atoms with E-state index in [-0.39, 0.29) is 0 Å². The summed E-state index contributed by atoms with van der Waals surface area (Å²) >= 11 is 1.78. The summed E-state index contributed by atoms with van der Waals surface area (Å²) in [7, 11) is 2.21. The second kappa shape index (κ2) is 6.60. The summed E-state index contributed by atoms with van der Waals surface area (Å²) in [6.45, 7) is 1.88. The highest BCUT2D eigenvalue weighted by Crippen LogP contribution is 2.29. The van der Waals surface area contributed by atoms with Gasteiger partial charge in [0.2, 0.25) is 0 Å². The van der Waals surface area contributed by atoms with Crippen molar-refractivity contribution in [1.29, 1.82) is 0 Å². The fourth-order valence-corrected chi connectivity index (χ4v) is 3.01. The molecule has 1 aliphatic rings. The van der Waals surface area contributed by atoms with Crippen molar-refractivity contribution < 1.29 is 0 Å². The molecule has 2 nitrogen and oxygen atoms in total. The van der Waals surface area contributed by atoms with Crippen LogP contribution in [0.15, 0.2) is 29.2 Å². The highest BCUT2D eigenvalue weighted by atomic mass is 32.2. The zero-order chi connectivity index (χ0) is 13.0. The third kappa shape index (κ3) is 3.28. The van der Waals surface area contributed by atoms with Crippen LogP contribution in [0.25, 0.3) is 0 Å². The number of benzene rings is 1. The van der Waals surface area contributed by atoms with Gasteiger partial charge in [-0.3, -0.25) is 4.90 Å². The monoisotopic (exact) mass is 264 g/mol. The molecule has 0 amide bonds. The molecule has 0 heterocycles. The lowest BCUT2D eigenvalue weighted by Crippen LogP contribution is -2.36. The van der Waals surface area contributed by atoms with Crippen molar-refractivity contribution in [2.45, 2.75) is 30.2 Å². The summed E-state index contributed by atoms with van der Waals surface area (Å²) in [5.74, 6) is 0.898. The predicted octanol–water partition coefficient (Wildman–Crippen LogP) is 3.14. The van der Waals surface area contributed by atoms with Gasteiger partial charge in [-0.2, -0.15) is 0 Å². The van der Waals surface area contributed by atoms with Crippen molar-refractivity contribution in [3.63, 3.8) is 0 Å². The Kier molecular flexibility index (Phi) is 5.10. The molecule has 1 unspecified atom stereocenters. The topological polar surface area (TPSA) is 29.3 Å². The zero-order valence-electron chi connectivity index (χ0n) is 11.4. The number of thioether (sulfide) groups is 1. The first kappa shape index (κ1) is 13.9. The van der Waals surface area contributed by atoms with E-state index in [1.807, 2.05) is 0 Å². The summed E-state index contributed by atoms with van der Waals surface area (Å²) in [6.07, 6.45) is 6.31. The quantitative estimate of drug-likeness (QED) is 0.800. The van der Waals surface area contributed by atoms with Gasteiger partial charge in [0.05, 0.1) is 0 Å². The van der Waals surface area contributed by atoms with Gasteiger partial charge in [-0.1, -0.05) is 18.6 Å². The van der Waals surface area contributed by atoms with Gasteiger partial charge in [0.1, 0.15) is 0 Å². The molecule has 1 atom stereocenters. The summed E-state index contributed by atoms with van der Waals surface area (Å²) in [6, 6.07) is 9.20. The first-order valence-corrected chi connectivity index (χ1v) is 8.01. The molecule has 0 aromatic heterocycles. The molecule has 1 aromatic carbocycles. The maximum Gasteiger partial charge on any atom is 0.0467 e. The molecule has 3 heteroatoms. The van der Waals surface area contributed by atoms with Gasteiger partial charge in [-0.05, 0) is 49.8 Å². The Morgan fingerprint density at radius 3 is 2.44 bits per heavy atom. The molecule has 1 fully saturated rings. The van der Waals surface area contributed by atoms with Crippen LogP contribution in [-0.2, 0) is 0 Å². The number of hydrogen-bond donors (Lipinski definition) is 1. The predicted molar refractivity (Wildman–Crippen MR) is 80.0 cm³/mol. The number of nitrogens with zero attached hydrogens (tertiary/aromatic N) is 1. The van der Waals surface area contributed by atoms with Gasteiger partial charge in [-0.25, -0.2) is 0 Å². The molecule has 2 N–H and O–H groups in total. The van der Waals surface area contributed by atoms with E-state index in [2.05, 4.69) is 42.5 Å². The number of hydrogen-bond acceptors (Lipinski definition) is 3. The second-order valence-electron chi connectivity index (χ2n) is 5.26. The van der Waals surface area contributed by atoms with E-state index in [1.165, 1.54) is 36.3 Å². The Bertz CT molecular complexity index is 359. The van der Waals surface area contributed by atoms with E-state index >= 15 is 0 Å². The Hall–Kier alpha value is -0.510. The van der Waals surface area contributed by atoms with E-state index in [9.17, 15) is 0 Å². The van der Waals surface area contributed by atoms with E-state index in [0.29, 0.717) is 12.6 Å². The molecule has 0 aliphatic heterocycles. The Balaban J connectivity index is 2.00. The Morgan fingerprint density at radius 1 is 1.33 bits per heavy atom. The number of nitrogens with two attached hydrogens (primary N) is 1. The molecule has 0 radical (unpaired) electrons. The lowest BCUT2D eigenvalue weighted by atomic mass is 9.85. The first-order valence-electron chi connectivity index (χ1n) is 6.79. The SMILES string of the molecule is CSc1ccc(C(CN)N(C)CC2CCC2)cc1. The number of likely N-dealkylation sites (N-methyl/N-ethyl adjacent to an activating group) is 1. The standard InChI is InChI=1S/C15H24N2S/c1-17(11-12-4-3-5-12)15(10-16)13-6-8-14(18-2)9-7-13/h6-9,12,15H,3-5,10-11,16H2,1-2H3. The van der Waals surface area contributed by atoms with Crippen LogP contribution in [0.1, 0.15) is 30.9 Å². The van der Waals surface area contributed by atoms with Crippen LogP contribution in [0, 0.1) is 5.92 Å². The molecular weight excluding hydrogens is 240 g/mol. The van der Waals surface area contributed by atoms with Gasteiger partial charge < -0.3 is 5.73 Å². The minimum Gasteiger partial charge on any atom is -0.329 e. The summed E-state index contributed by atoms with van der Waals surface area (Å²) in [5.41, 5.74) is 7.31. The molecule has 0 bridgehead atoms. The normalized spacial score (nSPS) is 17.8. The van der Waals surface area contributed by atoms with E-state index < -0.39 is 0 Å². The van der Waals surface area contributed by atoms with E-state index in [0.717, 1.165) is 5.92 Å². The molecular formula is C15H24N2S. The fourth-order valence-electron chi connectivity index (χ4n) is 2.61. The minimum atomic E-state index is 0.363. The largest absolute Gasteiger partial charge is 0.329 e. The van der Waals surface area contributed by atoms with Gasteiger partial charge in [0, 0.05) is 24.0 Å². The summed E-state index contributed by atoms with van der Waals surface area (Å²) in [5, 5.41) is 0. The Morgan fingerprint density at radius 2 is 2.00 bits per heavy atom. The summed E-state index contributed by atoms with van der Waals surface area (Å²) in [4.78, 5) is 3.74. The highest BCUT2D eigenvalue weighted by molar-refractivity contribution is 7.98. The van der Waals surface area contributed by atoms with Crippen LogP contribution >= 0.6 is 11.8 Å². The lowest BCUT2D eigenvalue weighted by molar-refractivity contribution is 0.165. The molecule has 0 spiro atoms. The van der Waals surface area contributed by atoms with Gasteiger partial charge in [0.15, 0.2) is 0 Å². The van der Waals surface area contributed by atoms with Crippen LogP contribution in [0.3, 0.4) is 0 Å². The molecule has 1 aliphatic carbocycles. The molecule has 2 rings (SSSR count). The smallest absolute Gasteiger partial charge is 0.0467 e. The van der Waals surface area contributed by atoms with E-state index in [1.54, 1.807) is 11.8 Å². The van der Waals surface area contributed by atoms with Crippen LogP contribution in [0.2, 0.25) is 0 Å². The average molecular weight is 264 g/mol. The van der Waals surface area contributed by atoms with Crippen molar-refractivity contribution in [1.82, 2.24) is 4.90 Å². The van der Waals surface area contributed by atoms with Crippen molar-refractivity contribution in [3.05, 3.63) is 29.8 Å². The highest BCUT2D eigenvalue weighted by Gasteiger charge is 2.23. The van der Waals surface area contributed by atoms with Gasteiger partial charge in [0.25, 0.3) is 0 Å². The zero-order valence-corrected chi connectivity index (χ0v) is 12.2. The van der Waals surface area contributed by atoms with Crippen molar-refractivity contribution >= 4 is 11.8 Å². The van der Waals surface area contributed by atoms with Crippen molar-refractivity contribution in [2.24, 2.45) is 11.7 Å². The van der Waals surface area contributed by atoms with Gasteiger partial charge >= 0.3 is 0 Å². The van der Waals surface area contributed by atoms with E-state index in [4.69, 9.17) is 5.73 Å². The third-order valence-corrected chi connectivity index (χ3v) is 4.77. The maximum atomic E-state index is 5.96. The maximum absolute atomic E-state index is 5.96. The molecule has 100 valence electrons. The van der Waals surface area contributed by atoms with Crippen LogP contribution in [-0.4, -0.2) is 31.3 Å². The molecule has 0 saturated heterocycles. The van der Waals surface area contributed by atoms with Crippen molar-refractivity contribution in [3.8, 4) is 0 Å². The molecule has 1 saturated carbocycles. The summed E-state index contributed by atoms with van der Waals surface area (Å²) < 4.78 is 0. The molecule has 18 heavy (non-hydrogen) atoms. The van der Waals surface area contributed by atoms with Crippen molar-refractivity contribution in [2.75, 3.05) is 26.4 Å².